The summed E-state index contributed by atoms with van der Waals surface area (Å²) in [4.78, 5) is 73.1. The summed E-state index contributed by atoms with van der Waals surface area (Å²) in [6.45, 7) is 4.66. The number of carbonyl (C=O) groups excluding carboxylic acids is 4. The number of rotatable bonds is 78. The van der Waals surface area contributed by atoms with Gasteiger partial charge in [0.1, 0.15) is 19.3 Å². The van der Waals surface area contributed by atoms with Gasteiger partial charge in [0.15, 0.2) is 12.2 Å². The molecule has 0 aromatic heterocycles. The van der Waals surface area contributed by atoms with Gasteiger partial charge in [0.05, 0.1) is 26.4 Å². The average Bonchev–Trinajstić information content (AvgIpc) is 0.918. The zero-order valence-corrected chi connectivity index (χ0v) is 67.7. The van der Waals surface area contributed by atoms with E-state index in [1.54, 1.807) is 0 Å². The summed E-state index contributed by atoms with van der Waals surface area (Å²) in [5.41, 5.74) is 0. The largest absolute Gasteiger partial charge is 0.472 e. The van der Waals surface area contributed by atoms with E-state index in [1.165, 1.54) is 128 Å². The van der Waals surface area contributed by atoms with Crippen LogP contribution in [0.1, 0.15) is 362 Å². The molecular weight excluding hydrogens is 1350 g/mol. The fraction of sp³-hybridized carbons (Fsp3) is 0.765. The second-order valence-electron chi connectivity index (χ2n) is 27.7. The first-order valence-corrected chi connectivity index (χ1v) is 44.5. The third kappa shape index (κ3) is 76.2. The number of aliphatic hydroxyl groups is 1. The number of hydrogen-bond acceptors (Lipinski definition) is 15. The van der Waals surface area contributed by atoms with E-state index in [4.69, 9.17) is 37.0 Å². The van der Waals surface area contributed by atoms with Crippen molar-refractivity contribution in [2.45, 2.75) is 380 Å². The van der Waals surface area contributed by atoms with Gasteiger partial charge in [0.2, 0.25) is 0 Å². The quantitative estimate of drug-likeness (QED) is 0.0169. The molecule has 0 aliphatic carbocycles. The molecule has 0 saturated carbocycles. The summed E-state index contributed by atoms with van der Waals surface area (Å²) < 4.78 is 68.7. The van der Waals surface area contributed by atoms with E-state index in [1.807, 2.05) is 0 Å². The van der Waals surface area contributed by atoms with Gasteiger partial charge >= 0.3 is 39.5 Å². The van der Waals surface area contributed by atoms with Gasteiger partial charge in [-0.05, 0) is 103 Å². The van der Waals surface area contributed by atoms with Crippen molar-refractivity contribution in [3.63, 3.8) is 0 Å². The van der Waals surface area contributed by atoms with Gasteiger partial charge in [-0.15, -0.1) is 0 Å². The average molecular weight is 1510 g/mol. The van der Waals surface area contributed by atoms with Crippen molar-refractivity contribution < 1.29 is 80.2 Å². The second-order valence-corrected chi connectivity index (χ2v) is 30.6. The molecule has 5 atom stereocenters. The van der Waals surface area contributed by atoms with Crippen LogP contribution in [0.5, 0.6) is 0 Å². The minimum atomic E-state index is -4.98. The normalized spacial score (nSPS) is 14.3. The number of carbonyl (C=O) groups is 4. The highest BCUT2D eigenvalue weighted by molar-refractivity contribution is 7.47. The number of ether oxygens (including phenoxy) is 4. The lowest BCUT2D eigenvalue weighted by Crippen LogP contribution is -2.30. The van der Waals surface area contributed by atoms with E-state index in [2.05, 4.69) is 125 Å². The van der Waals surface area contributed by atoms with Crippen molar-refractivity contribution in [2.75, 3.05) is 39.6 Å². The van der Waals surface area contributed by atoms with Crippen molar-refractivity contribution in [2.24, 2.45) is 0 Å². The van der Waals surface area contributed by atoms with Crippen molar-refractivity contribution in [3.05, 3.63) is 97.2 Å². The van der Waals surface area contributed by atoms with Gasteiger partial charge in [0.25, 0.3) is 0 Å². The minimum absolute atomic E-state index is 0.0899. The Bertz CT molecular complexity index is 2350. The Balaban J connectivity index is 5.37. The van der Waals surface area contributed by atoms with Crippen LogP contribution in [0.15, 0.2) is 97.2 Å². The zero-order chi connectivity index (χ0) is 76.0. The monoisotopic (exact) mass is 1510 g/mol. The topological polar surface area (TPSA) is 237 Å². The van der Waals surface area contributed by atoms with E-state index in [9.17, 15) is 43.2 Å². The summed E-state index contributed by atoms with van der Waals surface area (Å²) >= 11 is 0. The molecule has 0 aromatic carbocycles. The number of phosphoric acid groups is 2. The van der Waals surface area contributed by atoms with Crippen molar-refractivity contribution in [1.82, 2.24) is 0 Å². The maximum absolute atomic E-state index is 13.1. The predicted molar refractivity (Wildman–Crippen MR) is 427 cm³/mol. The molecule has 5 unspecified atom stereocenters. The number of esters is 4. The first kappa shape index (κ1) is 100.0. The molecule has 19 heteroatoms. The van der Waals surface area contributed by atoms with Crippen LogP contribution in [0.25, 0.3) is 0 Å². The smallest absolute Gasteiger partial charge is 0.462 e. The summed E-state index contributed by atoms with van der Waals surface area (Å²) in [5.74, 6) is -2.21. The van der Waals surface area contributed by atoms with Gasteiger partial charge in [-0.3, -0.25) is 37.3 Å². The second kappa shape index (κ2) is 77.1. The van der Waals surface area contributed by atoms with Crippen LogP contribution < -0.4 is 0 Å². The van der Waals surface area contributed by atoms with E-state index < -0.39 is 97.5 Å². The van der Waals surface area contributed by atoms with Crippen molar-refractivity contribution >= 4 is 39.5 Å². The molecule has 0 aliphatic heterocycles. The van der Waals surface area contributed by atoms with Gasteiger partial charge in [-0.1, -0.05) is 330 Å². The van der Waals surface area contributed by atoms with Gasteiger partial charge in [0, 0.05) is 25.7 Å². The molecule has 0 radical (unpaired) electrons. The summed E-state index contributed by atoms with van der Waals surface area (Å²) in [6.07, 6.45) is 82.3. The predicted octanol–water partition coefficient (Wildman–Crippen LogP) is 24.3. The van der Waals surface area contributed by atoms with Gasteiger partial charge in [-0.25, -0.2) is 9.13 Å². The van der Waals surface area contributed by atoms with E-state index in [0.717, 1.165) is 154 Å². The molecule has 0 fully saturated rings. The first-order chi connectivity index (χ1) is 50.7. The first-order valence-electron chi connectivity index (χ1n) is 41.5. The summed E-state index contributed by atoms with van der Waals surface area (Å²) in [6, 6.07) is 0. The Kier molecular flexibility index (Phi) is 74.2. The van der Waals surface area contributed by atoms with E-state index in [-0.39, 0.29) is 25.7 Å². The van der Waals surface area contributed by atoms with Gasteiger partial charge < -0.3 is 33.8 Å². The molecule has 0 aromatic rings. The van der Waals surface area contributed by atoms with Crippen LogP contribution in [0.3, 0.4) is 0 Å². The Labute approximate surface area is 633 Å². The van der Waals surface area contributed by atoms with E-state index in [0.29, 0.717) is 25.7 Å². The van der Waals surface area contributed by atoms with Crippen LogP contribution in [0, 0.1) is 0 Å². The highest BCUT2D eigenvalue weighted by Crippen LogP contribution is 2.45. The Hall–Kier alpha value is -4.02. The standard InChI is InChI=1S/C85H150O17P2/c1-5-9-13-17-21-25-29-33-37-38-39-40-44-46-50-54-58-62-66-70-83(88)96-76-81(102-85(90)72-68-64-60-56-52-48-43-36-32-28-24-20-16-12-8-4)78-100-104(93,94)98-74-79(86)73-97-103(91,92)99-77-80(101-84(89)71-67-63-59-55-51-47-42-35-31-27-23-19-15-11-7-3)75-95-82(87)69-65-61-57-53-49-45-41-34-30-26-22-18-14-10-6-2/h9-10,13-14,21-22,25-26,33-34,37,39-41,49,53,79-81,86H,5-8,11-12,15-20,23-24,27-32,35-36,38,42-48,50-52,54-78H2,1-4H3,(H,91,92)(H,93,94)/b13-9-,14-10-,25-21-,26-22-,37-33-,40-39-,41-34-,53-49-. The van der Waals surface area contributed by atoms with Crippen molar-refractivity contribution in [3.8, 4) is 0 Å². The molecule has 104 heavy (non-hydrogen) atoms. The third-order valence-corrected chi connectivity index (χ3v) is 19.5. The summed E-state index contributed by atoms with van der Waals surface area (Å²) in [7, 11) is -9.96. The van der Waals surface area contributed by atoms with Gasteiger partial charge in [-0.2, -0.15) is 0 Å². The number of unbranched alkanes of at least 4 members (excludes halogenated alkanes) is 36. The van der Waals surface area contributed by atoms with Crippen LogP contribution >= 0.6 is 15.6 Å². The Morgan fingerprint density at radius 2 is 0.500 bits per heavy atom. The van der Waals surface area contributed by atoms with Crippen LogP contribution in [0.2, 0.25) is 0 Å². The maximum atomic E-state index is 13.1. The highest BCUT2D eigenvalue weighted by Gasteiger charge is 2.30. The summed E-state index contributed by atoms with van der Waals surface area (Å²) in [5, 5.41) is 10.7. The molecule has 0 amide bonds. The Morgan fingerprint density at radius 1 is 0.279 bits per heavy atom. The molecular formula is C85H150O17P2. The molecule has 0 heterocycles. The van der Waals surface area contributed by atoms with Crippen molar-refractivity contribution in [1.29, 1.82) is 0 Å². The lowest BCUT2D eigenvalue weighted by Gasteiger charge is -2.21. The van der Waals surface area contributed by atoms with Crippen LogP contribution in [0.4, 0.5) is 0 Å². The minimum Gasteiger partial charge on any atom is -0.462 e. The maximum Gasteiger partial charge on any atom is 0.472 e. The molecule has 602 valence electrons. The molecule has 0 aliphatic rings. The fourth-order valence-electron chi connectivity index (χ4n) is 11.3. The van der Waals surface area contributed by atoms with Crippen LogP contribution in [-0.4, -0.2) is 96.7 Å². The molecule has 0 saturated heterocycles. The molecule has 0 spiro atoms. The number of aliphatic hydroxyl groups excluding tert-OH is 1. The van der Waals surface area contributed by atoms with Crippen LogP contribution in [-0.2, 0) is 65.4 Å². The van der Waals surface area contributed by atoms with E-state index >= 15 is 0 Å². The number of allylic oxidation sites excluding steroid dienone is 16. The molecule has 0 rings (SSSR count). The third-order valence-electron chi connectivity index (χ3n) is 17.6. The Morgan fingerprint density at radius 3 is 0.788 bits per heavy atom. The number of hydrogen-bond donors (Lipinski definition) is 3. The zero-order valence-electron chi connectivity index (χ0n) is 65.9. The SMILES string of the molecule is CC/C=C\C/C=C\C/C=C\C/C=C\CCCCCCCCC(=O)OCC(COP(=O)(O)OCC(O)COP(=O)(O)OCC(COC(=O)CCCC/C=C\C/C=C\C/C=C\C/C=C\CC)OC(=O)CCCCCCCCCCCCCCCCC)OC(=O)CCCCCCCCCCCCCCCCC. The molecule has 0 bridgehead atoms. The highest BCUT2D eigenvalue weighted by atomic mass is 31.2. The lowest BCUT2D eigenvalue weighted by molar-refractivity contribution is -0.161. The lowest BCUT2D eigenvalue weighted by atomic mass is 10.0. The fourth-order valence-corrected chi connectivity index (χ4v) is 12.9. The molecule has 17 nitrogen and oxygen atoms in total. The number of phosphoric ester groups is 2. The molecule has 3 N–H and O–H groups in total.